The molecule has 5 aromatic carbocycles. The number of rotatable bonds is 4. The van der Waals surface area contributed by atoms with Crippen molar-refractivity contribution in [1.29, 1.82) is 0 Å². The van der Waals surface area contributed by atoms with Crippen LogP contribution in [-0.2, 0) is 20.1 Å². The number of hydrogen-bond acceptors (Lipinski definition) is 3. The number of nitrogens with zero attached hydrogens (tertiary/aromatic N) is 2. The third-order valence-electron chi connectivity index (χ3n) is 9.02. The number of hydrogen-bond donors (Lipinski definition) is 0. The molecule has 0 unspecified atom stereocenters. The van der Waals surface area contributed by atoms with Crippen molar-refractivity contribution in [3.05, 3.63) is 138 Å². The van der Waals surface area contributed by atoms with Gasteiger partial charge in [0.2, 0.25) is 0 Å². The number of benzene rings is 5. The minimum Gasteiger partial charge on any atom is -0.305 e. The second kappa shape index (κ2) is 14.3. The second-order valence-electron chi connectivity index (χ2n) is 13.9. The molecule has 8 aromatic rings. The Morgan fingerprint density at radius 3 is 2.24 bits per heavy atom. The van der Waals surface area contributed by atoms with Crippen LogP contribution in [0.1, 0.15) is 37.8 Å². The molecule has 3 aromatic heterocycles. The van der Waals surface area contributed by atoms with Gasteiger partial charge in [-0.2, -0.15) is 11.3 Å². The predicted octanol–water partition coefficient (Wildman–Crippen LogP) is 12.1. The van der Waals surface area contributed by atoms with Crippen LogP contribution < -0.4 is 4.40 Å². The van der Waals surface area contributed by atoms with Crippen molar-refractivity contribution in [2.24, 2.45) is 0 Å². The van der Waals surface area contributed by atoms with Crippen molar-refractivity contribution >= 4 is 70.7 Å². The van der Waals surface area contributed by atoms with Gasteiger partial charge in [0.1, 0.15) is 0 Å². The van der Waals surface area contributed by atoms with Crippen molar-refractivity contribution in [1.82, 2.24) is 9.97 Å². The maximum atomic E-state index is 8.42. The zero-order valence-corrected chi connectivity index (χ0v) is 34.3. The number of aryl methyl sites for hydroxylation is 2. The minimum atomic E-state index is -1.77. The van der Waals surface area contributed by atoms with E-state index in [1.807, 2.05) is 67.8 Å². The largest absolute Gasteiger partial charge is 0.305 e. The third-order valence-corrected chi connectivity index (χ3v) is 14.8. The molecule has 8 rings (SSSR count). The summed E-state index contributed by atoms with van der Waals surface area (Å²) in [5.41, 5.74) is 7.61. The van der Waals surface area contributed by atoms with Crippen LogP contribution in [-0.4, -0.2) is 23.2 Å². The average Bonchev–Trinajstić information content (AvgIpc) is 3.47. The summed E-state index contributed by atoms with van der Waals surface area (Å²) in [4.78, 5) is 9.24. The van der Waals surface area contributed by atoms with E-state index in [-0.39, 0.29) is 20.1 Å². The SMILES string of the molecule is Cc1cc(-c2[c-]cccc2)nc[c]1[Ge]([CH3])([CH3])[CH3].[2H]C(C)(C)c1ccnc(-c2[c-]ccc3c2sc2c4cc5ccc(C)cc5cc4ccc32)c1.[Ir]. The van der Waals surface area contributed by atoms with Crippen LogP contribution in [0.5, 0.6) is 0 Å². The molecule has 0 N–H and O–H groups in total. The van der Waals surface area contributed by atoms with E-state index in [0.29, 0.717) is 0 Å². The average molecular weight is 895 g/mol. The quantitative estimate of drug-likeness (QED) is 0.0999. The molecule has 0 aliphatic carbocycles. The van der Waals surface area contributed by atoms with Gasteiger partial charge in [-0.3, -0.25) is 0 Å². The molecule has 0 spiro atoms. The summed E-state index contributed by atoms with van der Waals surface area (Å²) in [5, 5.41) is 7.62. The number of thiophene rings is 1. The fourth-order valence-electron chi connectivity index (χ4n) is 6.50. The Kier molecular flexibility index (Phi) is 9.86. The van der Waals surface area contributed by atoms with Crippen LogP contribution >= 0.6 is 11.3 Å². The van der Waals surface area contributed by atoms with Crippen LogP contribution in [0.4, 0.5) is 0 Å². The Hall–Kier alpha value is -3.67. The Bertz CT molecular complexity index is 2490. The maximum absolute atomic E-state index is 8.42. The fraction of sp³-hybridized carbons (Fsp3) is 0.182. The van der Waals surface area contributed by atoms with E-state index in [4.69, 9.17) is 1.37 Å². The Morgan fingerprint density at radius 2 is 1.51 bits per heavy atom. The molecule has 0 saturated carbocycles. The molecule has 0 aliphatic rings. The molecule has 247 valence electrons. The predicted molar refractivity (Wildman–Crippen MR) is 211 cm³/mol. The summed E-state index contributed by atoms with van der Waals surface area (Å²) >= 11 is 0.0469. The maximum Gasteiger partial charge on any atom is 0.0346 e. The van der Waals surface area contributed by atoms with Crippen molar-refractivity contribution in [2.75, 3.05) is 0 Å². The number of pyridine rings is 2. The molecule has 0 bridgehead atoms. The Labute approximate surface area is 311 Å². The first-order valence-electron chi connectivity index (χ1n) is 17.0. The summed E-state index contributed by atoms with van der Waals surface area (Å²) < 4.78 is 12.4. The molecule has 0 amide bonds. The fourth-order valence-corrected chi connectivity index (χ4v) is 11.4. The van der Waals surface area contributed by atoms with Crippen LogP contribution in [0, 0.1) is 26.0 Å². The summed E-state index contributed by atoms with van der Waals surface area (Å²) in [7, 11) is 0. The summed E-state index contributed by atoms with van der Waals surface area (Å²) in [6, 6.07) is 40.7. The van der Waals surface area contributed by atoms with Crippen molar-refractivity contribution < 1.29 is 21.5 Å². The molecular formula is C44H40GeIrN2S-2. The van der Waals surface area contributed by atoms with Gasteiger partial charge in [-0.05, 0) is 68.3 Å². The van der Waals surface area contributed by atoms with Gasteiger partial charge in [-0.15, -0.1) is 23.8 Å². The monoisotopic (exact) mass is 896 g/mol. The van der Waals surface area contributed by atoms with Crippen molar-refractivity contribution in [3.63, 3.8) is 0 Å². The topological polar surface area (TPSA) is 25.8 Å². The number of aromatic nitrogens is 2. The van der Waals surface area contributed by atoms with Gasteiger partial charge < -0.3 is 4.98 Å². The van der Waals surface area contributed by atoms with Crippen LogP contribution in [0.3, 0.4) is 0 Å². The zero-order chi connectivity index (χ0) is 34.5. The van der Waals surface area contributed by atoms with Gasteiger partial charge in [0.15, 0.2) is 0 Å². The number of fused-ring (bicyclic) bond motifs is 6. The first kappa shape index (κ1) is 33.8. The molecule has 0 saturated heterocycles. The van der Waals surface area contributed by atoms with Gasteiger partial charge in [-0.25, -0.2) is 0 Å². The smallest absolute Gasteiger partial charge is 0.0346 e. The van der Waals surface area contributed by atoms with Crippen molar-refractivity contribution in [2.45, 2.75) is 50.9 Å². The standard InChI is InChI=1S/C29H22NS.C15H18GeN.Ir/c1-17(2)19-11-12-30-27(16-19)25-6-4-5-23-24-10-9-21-14-22-13-18(3)7-8-20(22)15-26(21)29(24)31-28(23)25;1-12-10-15(13-8-6-5-7-9-13)17-11-14(12)16(2,3)4;/h4-5,7-17H,1-3H3;5-8,10-11H,1-4H3;/q2*-1;/i17D;;. The molecule has 0 fully saturated rings. The van der Waals surface area contributed by atoms with E-state index in [0.717, 1.165) is 28.1 Å². The second-order valence-corrected chi connectivity index (χ2v) is 25.5. The Morgan fingerprint density at radius 1 is 0.714 bits per heavy atom. The normalized spacial score (nSPS) is 12.1. The summed E-state index contributed by atoms with van der Waals surface area (Å²) in [6.07, 6.45) is 3.88. The summed E-state index contributed by atoms with van der Waals surface area (Å²) in [6.45, 7) is 8.16. The van der Waals surface area contributed by atoms with Crippen LogP contribution in [0.15, 0.2) is 109 Å². The molecule has 1 radical (unpaired) electrons. The minimum absolute atomic E-state index is 0. The van der Waals surface area contributed by atoms with Gasteiger partial charge >= 0.3 is 106 Å². The van der Waals surface area contributed by atoms with E-state index in [2.05, 4.69) is 120 Å². The molecule has 49 heavy (non-hydrogen) atoms. The molecule has 0 aliphatic heterocycles. The molecule has 2 nitrogen and oxygen atoms in total. The van der Waals surface area contributed by atoms with E-state index in [1.165, 1.54) is 57.2 Å². The molecule has 3 heterocycles. The van der Waals surface area contributed by atoms with E-state index >= 15 is 0 Å². The van der Waals surface area contributed by atoms with Gasteiger partial charge in [0.05, 0.1) is 0 Å². The molecular weight excluding hydrogens is 853 g/mol. The van der Waals surface area contributed by atoms with E-state index < -0.39 is 19.2 Å². The molecule has 0 atom stereocenters. The van der Waals surface area contributed by atoms with E-state index in [1.54, 1.807) is 0 Å². The van der Waals surface area contributed by atoms with Gasteiger partial charge in [-0.1, -0.05) is 66.8 Å². The first-order valence-corrected chi connectivity index (χ1v) is 24.6. The van der Waals surface area contributed by atoms with Crippen LogP contribution in [0.2, 0.25) is 17.3 Å². The zero-order valence-electron chi connectivity index (χ0n) is 30.0. The third kappa shape index (κ3) is 7.16. The van der Waals surface area contributed by atoms with Gasteiger partial charge in [0.25, 0.3) is 0 Å². The van der Waals surface area contributed by atoms with Gasteiger partial charge in [0, 0.05) is 32.4 Å². The first-order chi connectivity index (χ1) is 23.4. The molecule has 5 heteroatoms. The Balaban J connectivity index is 0.000000204. The van der Waals surface area contributed by atoms with E-state index in [9.17, 15) is 0 Å². The van der Waals surface area contributed by atoms with Crippen LogP contribution in [0.25, 0.3) is 64.2 Å². The van der Waals surface area contributed by atoms with Crippen molar-refractivity contribution in [3.8, 4) is 22.5 Å². The summed E-state index contributed by atoms with van der Waals surface area (Å²) in [5.74, 6) is 6.54.